The number of amides is 3. The largest absolute Gasteiger partial charge is 0.382 e. The fourth-order valence-electron chi connectivity index (χ4n) is 3.35. The van der Waals surface area contributed by atoms with Gasteiger partial charge in [0, 0.05) is 78.2 Å². The highest BCUT2D eigenvalue weighted by Crippen LogP contribution is 2.02. The molecule has 0 atom stereocenters. The van der Waals surface area contributed by atoms with Gasteiger partial charge in [-0.2, -0.15) is 0 Å². The number of aldehydes is 2. The number of methoxy groups -OCH3 is 1. The maximum absolute atomic E-state index is 12.5. The lowest BCUT2D eigenvalue weighted by molar-refractivity contribution is -0.125. The molecule has 0 aliphatic carbocycles. The van der Waals surface area contributed by atoms with E-state index in [0.29, 0.717) is 91.6 Å². The van der Waals surface area contributed by atoms with Crippen LogP contribution in [0.25, 0.3) is 0 Å². The Bertz CT molecular complexity index is 661. The van der Waals surface area contributed by atoms with Gasteiger partial charge in [-0.05, 0) is 19.3 Å². The van der Waals surface area contributed by atoms with Crippen LogP contribution in [0.1, 0.15) is 118 Å². The molecule has 0 aromatic rings. The summed E-state index contributed by atoms with van der Waals surface area (Å²) in [5.41, 5.74) is 0. The van der Waals surface area contributed by atoms with Gasteiger partial charge in [0.1, 0.15) is 12.6 Å². The standard InChI is InChI=1S/C28H51N3O11.9CH4/c1-37-17-18-40-14-6-7-26(34)31-25(23-27(35)29-8-15-41-21-19-38-12-4-2-10-32)24-28(36)30-9-16-42-22-20-39-13-5-3-11-33;;;;;;;;;/h10-11,25H,2-9,12-24H2,1H3,(H,29,35)(H,30,36)(H,31,34);9*1H4. The number of hydrogen-bond acceptors (Lipinski definition) is 11. The van der Waals surface area contributed by atoms with E-state index in [9.17, 15) is 24.0 Å². The highest BCUT2D eigenvalue weighted by atomic mass is 16.5. The second-order valence-electron chi connectivity index (χ2n) is 9.15. The summed E-state index contributed by atoms with van der Waals surface area (Å²) in [6.45, 7) is 4.94. The topological polar surface area (TPSA) is 177 Å². The average molecular weight is 750 g/mol. The molecule has 0 heterocycles. The van der Waals surface area contributed by atoms with E-state index in [2.05, 4.69) is 16.0 Å². The molecule has 0 aliphatic rings. The molecule has 0 aromatic heterocycles. The van der Waals surface area contributed by atoms with Crippen LogP contribution in [-0.4, -0.2) is 129 Å². The van der Waals surface area contributed by atoms with Gasteiger partial charge in [-0.1, -0.05) is 66.8 Å². The third-order valence-corrected chi connectivity index (χ3v) is 5.46. The summed E-state index contributed by atoms with van der Waals surface area (Å²) in [6.07, 6.45) is 4.54. The van der Waals surface area contributed by atoms with Gasteiger partial charge in [-0.15, -0.1) is 0 Å². The van der Waals surface area contributed by atoms with Crippen molar-refractivity contribution in [1.82, 2.24) is 16.0 Å². The second kappa shape index (κ2) is 59.6. The predicted molar refractivity (Wildman–Crippen MR) is 214 cm³/mol. The van der Waals surface area contributed by atoms with Crippen LogP contribution < -0.4 is 16.0 Å². The second-order valence-corrected chi connectivity index (χ2v) is 9.15. The zero-order valence-corrected chi connectivity index (χ0v) is 25.1. The summed E-state index contributed by atoms with van der Waals surface area (Å²) in [5.74, 6) is -0.911. The molecular weight excluding hydrogens is 662 g/mol. The number of rotatable bonds is 32. The molecule has 14 nitrogen and oxygen atoms in total. The van der Waals surface area contributed by atoms with E-state index in [4.69, 9.17) is 28.4 Å². The molecule has 0 fully saturated rings. The Balaban J connectivity index is -0.000000233. The molecule has 0 aromatic carbocycles. The van der Waals surface area contributed by atoms with Crippen LogP contribution in [0.3, 0.4) is 0 Å². The molecule has 3 amide bonds. The molecule has 0 radical (unpaired) electrons. The summed E-state index contributed by atoms with van der Waals surface area (Å²) in [7, 11) is 1.58. The third-order valence-electron chi connectivity index (χ3n) is 5.46. The first kappa shape index (κ1) is 73.8. The number of carbonyl (C=O) groups is 5. The number of unbranched alkanes of at least 4 members (excludes halogenated alkanes) is 2. The maximum atomic E-state index is 12.5. The molecule has 0 saturated carbocycles. The van der Waals surface area contributed by atoms with E-state index in [0.717, 1.165) is 12.6 Å². The molecule has 0 aliphatic heterocycles. The normalized spacial score (nSPS) is 8.98. The summed E-state index contributed by atoms with van der Waals surface area (Å²) in [5, 5.41) is 8.24. The number of ether oxygens (including phenoxy) is 6. The number of carbonyl (C=O) groups excluding carboxylic acids is 5. The van der Waals surface area contributed by atoms with Crippen molar-refractivity contribution in [3.8, 4) is 0 Å². The number of nitrogens with one attached hydrogen (secondary N) is 3. The van der Waals surface area contributed by atoms with Gasteiger partial charge in [0.2, 0.25) is 17.7 Å². The molecule has 0 rings (SSSR count). The first-order chi connectivity index (χ1) is 20.5. The van der Waals surface area contributed by atoms with Crippen molar-refractivity contribution in [3.05, 3.63) is 0 Å². The van der Waals surface area contributed by atoms with Crippen LogP contribution in [0.2, 0.25) is 0 Å². The van der Waals surface area contributed by atoms with Crippen LogP contribution in [0.15, 0.2) is 0 Å². The van der Waals surface area contributed by atoms with Crippen LogP contribution in [0, 0.1) is 0 Å². The van der Waals surface area contributed by atoms with Crippen LogP contribution >= 0.6 is 0 Å². The van der Waals surface area contributed by atoms with Gasteiger partial charge in [0.05, 0.1) is 52.9 Å². The van der Waals surface area contributed by atoms with Crippen LogP contribution in [0.5, 0.6) is 0 Å². The van der Waals surface area contributed by atoms with Crippen molar-refractivity contribution in [1.29, 1.82) is 0 Å². The van der Waals surface area contributed by atoms with E-state index >= 15 is 0 Å². The van der Waals surface area contributed by atoms with Gasteiger partial charge in [-0.3, -0.25) is 14.4 Å². The van der Waals surface area contributed by atoms with E-state index in [1.807, 2.05) is 0 Å². The first-order valence-corrected chi connectivity index (χ1v) is 14.6. The Morgan fingerprint density at radius 2 is 0.843 bits per heavy atom. The average Bonchev–Trinajstić information content (AvgIpc) is 2.96. The fourth-order valence-corrected chi connectivity index (χ4v) is 3.35. The van der Waals surface area contributed by atoms with E-state index in [1.165, 1.54) is 0 Å². The Hall–Kier alpha value is -2.49. The highest BCUT2D eigenvalue weighted by Gasteiger charge is 2.19. The highest BCUT2D eigenvalue weighted by molar-refractivity contribution is 5.83. The Morgan fingerprint density at radius 3 is 1.22 bits per heavy atom. The van der Waals surface area contributed by atoms with Crippen molar-refractivity contribution < 1.29 is 52.4 Å². The van der Waals surface area contributed by atoms with Gasteiger partial charge in [-0.25, -0.2) is 0 Å². The first-order valence-electron chi connectivity index (χ1n) is 14.6. The van der Waals surface area contributed by atoms with Crippen molar-refractivity contribution >= 4 is 30.3 Å². The van der Waals surface area contributed by atoms with Crippen molar-refractivity contribution in [2.75, 3.05) is 92.9 Å². The Labute approximate surface area is 315 Å². The monoisotopic (exact) mass is 750 g/mol. The lowest BCUT2D eigenvalue weighted by Crippen LogP contribution is -2.43. The molecule has 51 heavy (non-hydrogen) atoms. The maximum Gasteiger partial charge on any atom is 0.222 e. The Kier molecular flexibility index (Phi) is 86.3. The van der Waals surface area contributed by atoms with E-state index in [1.54, 1.807) is 7.11 Å². The van der Waals surface area contributed by atoms with Crippen LogP contribution in [-0.2, 0) is 52.4 Å². The smallest absolute Gasteiger partial charge is 0.222 e. The van der Waals surface area contributed by atoms with Crippen molar-refractivity contribution in [2.24, 2.45) is 0 Å². The molecule has 0 unspecified atom stereocenters. The lowest BCUT2D eigenvalue weighted by atomic mass is 10.1. The number of hydrogen-bond donors (Lipinski definition) is 3. The summed E-state index contributed by atoms with van der Waals surface area (Å²) < 4.78 is 31.7. The van der Waals surface area contributed by atoms with Crippen molar-refractivity contribution in [2.45, 2.75) is 124 Å². The van der Waals surface area contributed by atoms with Crippen LogP contribution in [0.4, 0.5) is 0 Å². The minimum absolute atomic E-state index is 0. The lowest BCUT2D eigenvalue weighted by Gasteiger charge is -2.18. The summed E-state index contributed by atoms with van der Waals surface area (Å²) in [6, 6.07) is -0.687. The molecule has 316 valence electrons. The molecule has 0 spiro atoms. The SMILES string of the molecule is C.C.C.C.C.C.C.C.C.COCCOCCCC(=O)NC(CC(=O)NCCOCCOCCCC=O)CC(=O)NCCOCCOCCCC=O. The molecule has 0 bridgehead atoms. The summed E-state index contributed by atoms with van der Waals surface area (Å²) >= 11 is 0. The van der Waals surface area contributed by atoms with E-state index in [-0.39, 0.29) is 130 Å². The Morgan fingerprint density at radius 1 is 0.490 bits per heavy atom. The third kappa shape index (κ3) is 57.1. The molecule has 0 saturated heterocycles. The van der Waals surface area contributed by atoms with Gasteiger partial charge >= 0.3 is 0 Å². The quantitative estimate of drug-likeness (QED) is 0.0570. The predicted octanol–water partition coefficient (Wildman–Crippen LogP) is 5.68. The zero-order chi connectivity index (χ0) is 30.9. The van der Waals surface area contributed by atoms with Gasteiger partial charge < -0.3 is 54.0 Å². The molecule has 14 heteroatoms. The van der Waals surface area contributed by atoms with Gasteiger partial charge in [0.15, 0.2) is 0 Å². The minimum Gasteiger partial charge on any atom is -0.382 e. The zero-order valence-electron chi connectivity index (χ0n) is 25.1. The summed E-state index contributed by atoms with van der Waals surface area (Å²) in [4.78, 5) is 57.9. The minimum atomic E-state index is -0.687. The fraction of sp³-hybridized carbons (Fsp3) is 0.865. The molecule has 3 N–H and O–H groups in total. The van der Waals surface area contributed by atoms with Crippen molar-refractivity contribution in [3.63, 3.8) is 0 Å². The molecular formula is C37H87N3O11. The van der Waals surface area contributed by atoms with E-state index < -0.39 is 6.04 Å². The van der Waals surface area contributed by atoms with Gasteiger partial charge in [0.25, 0.3) is 0 Å².